The summed E-state index contributed by atoms with van der Waals surface area (Å²) in [4.78, 5) is 2.42. The number of anilines is 3. The predicted octanol–water partition coefficient (Wildman–Crippen LogP) is 12.8. The monoisotopic (exact) mass is 617 g/mol. The Hall–Kier alpha value is -5.60. The summed E-state index contributed by atoms with van der Waals surface area (Å²) in [5, 5.41) is 4.59. The van der Waals surface area contributed by atoms with Crippen LogP contribution in [0.25, 0.3) is 55.0 Å². The van der Waals surface area contributed by atoms with Gasteiger partial charge in [-0.3, -0.25) is 0 Å². The van der Waals surface area contributed by atoms with Crippen molar-refractivity contribution in [1.82, 2.24) is 0 Å². The predicted molar refractivity (Wildman–Crippen MR) is 201 cm³/mol. The molecule has 0 aliphatic heterocycles. The first-order chi connectivity index (χ1) is 23.3. The lowest BCUT2D eigenvalue weighted by Gasteiger charge is -2.29. The van der Waals surface area contributed by atoms with Gasteiger partial charge in [-0.25, -0.2) is 0 Å². The van der Waals surface area contributed by atoms with E-state index in [-0.39, 0.29) is 10.8 Å². The van der Waals surface area contributed by atoms with Crippen LogP contribution in [0, 0.1) is 0 Å². The molecule has 0 N–H and O–H groups in total. The van der Waals surface area contributed by atoms with Crippen LogP contribution in [0.15, 0.2) is 144 Å². The third-order valence-electron chi connectivity index (χ3n) is 11.3. The van der Waals surface area contributed by atoms with Crippen molar-refractivity contribution >= 4 is 49.8 Å². The molecular weight excluding hydrogens is 583 g/mol. The summed E-state index contributed by atoms with van der Waals surface area (Å²) >= 11 is 0. The average Bonchev–Trinajstić information content (AvgIpc) is 3.69. The Morgan fingerprint density at radius 3 is 1.58 bits per heavy atom. The van der Waals surface area contributed by atoms with Crippen LogP contribution >= 0.6 is 0 Å². The van der Waals surface area contributed by atoms with Gasteiger partial charge in [0.15, 0.2) is 5.58 Å². The Balaban J connectivity index is 1.24. The standard InChI is InChI=1S/C46H35NO/c1-45(2)38-17-9-7-14-32(38)34-24-21-29(26-40(34)45)47(30-22-25-35-33-15-8-10-18-39(33)46(3,4)41(35)27-30)42-19-11-16-36-37-23-20-28-12-5-6-13-31(28)43(37)48-44(36)42/h5-27H,1-4H3. The fourth-order valence-electron chi connectivity index (χ4n) is 8.78. The maximum absolute atomic E-state index is 6.95. The number of rotatable bonds is 3. The van der Waals surface area contributed by atoms with E-state index in [9.17, 15) is 0 Å². The Morgan fingerprint density at radius 1 is 0.417 bits per heavy atom. The second kappa shape index (κ2) is 9.49. The molecule has 0 saturated heterocycles. The third-order valence-corrected chi connectivity index (χ3v) is 11.3. The fourth-order valence-corrected chi connectivity index (χ4v) is 8.78. The zero-order chi connectivity index (χ0) is 32.4. The second-order valence-corrected chi connectivity index (χ2v) is 14.6. The summed E-state index contributed by atoms with van der Waals surface area (Å²) in [5.74, 6) is 0. The molecule has 0 bridgehead atoms. The molecule has 2 aliphatic carbocycles. The highest BCUT2D eigenvalue weighted by molar-refractivity contribution is 6.17. The first-order valence-electron chi connectivity index (χ1n) is 16.9. The Morgan fingerprint density at radius 2 is 0.938 bits per heavy atom. The molecule has 230 valence electrons. The van der Waals surface area contributed by atoms with Gasteiger partial charge in [0.05, 0.1) is 5.69 Å². The van der Waals surface area contributed by atoms with Crippen LogP contribution in [0.2, 0.25) is 0 Å². The maximum atomic E-state index is 6.95. The average molecular weight is 618 g/mol. The van der Waals surface area contributed by atoms with Gasteiger partial charge < -0.3 is 9.32 Å². The molecule has 2 aliphatic rings. The third kappa shape index (κ3) is 3.58. The van der Waals surface area contributed by atoms with E-state index < -0.39 is 0 Å². The first-order valence-corrected chi connectivity index (χ1v) is 16.9. The molecule has 0 amide bonds. The van der Waals surface area contributed by atoms with E-state index in [4.69, 9.17) is 4.42 Å². The van der Waals surface area contributed by atoms with Crippen molar-refractivity contribution in [2.24, 2.45) is 0 Å². The van der Waals surface area contributed by atoms with Crippen LogP contribution in [0.4, 0.5) is 17.1 Å². The van der Waals surface area contributed by atoms with Crippen molar-refractivity contribution in [2.45, 2.75) is 38.5 Å². The normalized spacial score (nSPS) is 15.0. The van der Waals surface area contributed by atoms with Gasteiger partial charge in [0, 0.05) is 38.4 Å². The molecule has 1 aromatic heterocycles. The zero-order valence-corrected chi connectivity index (χ0v) is 27.6. The van der Waals surface area contributed by atoms with Crippen LogP contribution in [0.5, 0.6) is 0 Å². The minimum atomic E-state index is -0.112. The highest BCUT2D eigenvalue weighted by Crippen LogP contribution is 2.54. The number of fused-ring (bicyclic) bond motifs is 11. The van der Waals surface area contributed by atoms with Crippen LogP contribution in [-0.2, 0) is 10.8 Å². The summed E-state index contributed by atoms with van der Waals surface area (Å²) in [6, 6.07) is 51.3. The molecule has 0 radical (unpaired) electrons. The molecule has 0 fully saturated rings. The lowest BCUT2D eigenvalue weighted by Crippen LogP contribution is -2.18. The van der Waals surface area contributed by atoms with Gasteiger partial charge in [-0.1, -0.05) is 131 Å². The molecule has 0 spiro atoms. The lowest BCUT2D eigenvalue weighted by atomic mass is 9.82. The minimum absolute atomic E-state index is 0.112. The summed E-state index contributed by atoms with van der Waals surface area (Å²) in [7, 11) is 0. The van der Waals surface area contributed by atoms with Gasteiger partial charge in [-0.2, -0.15) is 0 Å². The molecular formula is C46H35NO. The Labute approximate surface area is 280 Å². The van der Waals surface area contributed by atoms with E-state index in [1.807, 2.05) is 0 Å². The van der Waals surface area contributed by atoms with Crippen molar-refractivity contribution in [2.75, 3.05) is 4.90 Å². The molecule has 0 unspecified atom stereocenters. The van der Waals surface area contributed by atoms with E-state index in [2.05, 4.69) is 172 Å². The van der Waals surface area contributed by atoms with Gasteiger partial charge in [0.2, 0.25) is 0 Å². The second-order valence-electron chi connectivity index (χ2n) is 14.6. The molecule has 48 heavy (non-hydrogen) atoms. The number of furan rings is 1. The van der Waals surface area contributed by atoms with Gasteiger partial charge >= 0.3 is 0 Å². The largest absolute Gasteiger partial charge is 0.453 e. The smallest absolute Gasteiger partial charge is 0.159 e. The molecule has 0 atom stereocenters. The summed E-state index contributed by atoms with van der Waals surface area (Å²) < 4.78 is 6.95. The highest BCUT2D eigenvalue weighted by Gasteiger charge is 2.38. The molecule has 7 aromatic carbocycles. The number of hydrogen-bond acceptors (Lipinski definition) is 2. The van der Waals surface area contributed by atoms with Crippen LogP contribution in [0.3, 0.4) is 0 Å². The molecule has 2 heteroatoms. The van der Waals surface area contributed by atoms with E-state index in [0.717, 1.165) is 44.4 Å². The van der Waals surface area contributed by atoms with Crippen molar-refractivity contribution in [3.63, 3.8) is 0 Å². The topological polar surface area (TPSA) is 16.4 Å². The van der Waals surface area contributed by atoms with Gasteiger partial charge in [0.25, 0.3) is 0 Å². The number of hydrogen-bond donors (Lipinski definition) is 0. The molecule has 10 rings (SSSR count). The number of nitrogens with zero attached hydrogens (tertiary/aromatic N) is 1. The minimum Gasteiger partial charge on any atom is -0.453 e. The van der Waals surface area contributed by atoms with Crippen molar-refractivity contribution in [1.29, 1.82) is 0 Å². The number of benzene rings is 7. The van der Waals surface area contributed by atoms with Gasteiger partial charge in [0.1, 0.15) is 5.58 Å². The quantitative estimate of drug-likeness (QED) is 0.196. The highest BCUT2D eigenvalue weighted by atomic mass is 16.3. The van der Waals surface area contributed by atoms with E-state index in [0.29, 0.717) is 0 Å². The maximum Gasteiger partial charge on any atom is 0.159 e. The molecule has 2 nitrogen and oxygen atoms in total. The number of para-hydroxylation sites is 1. The van der Waals surface area contributed by atoms with Gasteiger partial charge in [-0.15, -0.1) is 0 Å². The SMILES string of the molecule is CC1(C)c2ccccc2-c2ccc(N(c3ccc4c(c3)C(C)(C)c3ccccc3-4)c3cccc4c3oc3c5ccccc5ccc43)cc21. The van der Waals surface area contributed by atoms with Gasteiger partial charge in [-0.05, 0) is 86.3 Å². The van der Waals surface area contributed by atoms with E-state index in [1.165, 1.54) is 49.9 Å². The fraction of sp³-hybridized carbons (Fsp3) is 0.130. The summed E-state index contributed by atoms with van der Waals surface area (Å²) in [5.41, 5.74) is 15.7. The van der Waals surface area contributed by atoms with Crippen molar-refractivity contribution in [3.8, 4) is 22.3 Å². The Kier molecular flexibility index (Phi) is 5.44. The summed E-state index contributed by atoms with van der Waals surface area (Å²) in [6.07, 6.45) is 0. The van der Waals surface area contributed by atoms with E-state index in [1.54, 1.807) is 0 Å². The first kappa shape index (κ1) is 27.5. The van der Waals surface area contributed by atoms with Crippen LogP contribution in [0.1, 0.15) is 49.9 Å². The zero-order valence-electron chi connectivity index (χ0n) is 27.6. The molecule has 0 saturated carbocycles. The van der Waals surface area contributed by atoms with Crippen molar-refractivity contribution in [3.05, 3.63) is 162 Å². The Bertz CT molecular complexity index is 2530. The molecule has 8 aromatic rings. The van der Waals surface area contributed by atoms with Crippen LogP contribution in [-0.4, -0.2) is 0 Å². The summed E-state index contributed by atoms with van der Waals surface area (Å²) in [6.45, 7) is 9.41. The van der Waals surface area contributed by atoms with Crippen LogP contribution < -0.4 is 4.90 Å². The van der Waals surface area contributed by atoms with Crippen molar-refractivity contribution < 1.29 is 4.42 Å². The van der Waals surface area contributed by atoms with E-state index >= 15 is 0 Å². The molecule has 1 heterocycles. The lowest BCUT2D eigenvalue weighted by molar-refractivity contribution is 0.660.